The highest BCUT2D eigenvalue weighted by atomic mass is 16.6. The Bertz CT molecular complexity index is 879. The van der Waals surface area contributed by atoms with E-state index < -0.39 is 11.7 Å². The first kappa shape index (κ1) is 23.6. The SMILES string of the molecule is COCCCNC(=O)OC1(c2ccccc2)CCN(C(=O)Cc2cccc(OC)c2)CC1. The highest BCUT2D eigenvalue weighted by Gasteiger charge is 2.40. The average Bonchev–Trinajstić information content (AvgIpc) is 2.83. The Labute approximate surface area is 189 Å². The minimum Gasteiger partial charge on any atom is -0.497 e. The van der Waals surface area contributed by atoms with Crippen molar-refractivity contribution in [2.75, 3.05) is 40.5 Å². The van der Waals surface area contributed by atoms with Gasteiger partial charge in [-0.15, -0.1) is 0 Å². The fourth-order valence-corrected chi connectivity index (χ4v) is 4.00. The van der Waals surface area contributed by atoms with Crippen molar-refractivity contribution in [1.29, 1.82) is 0 Å². The summed E-state index contributed by atoms with van der Waals surface area (Å²) < 4.78 is 16.2. The molecule has 0 radical (unpaired) electrons. The number of likely N-dealkylation sites (tertiary alicyclic amines) is 1. The molecule has 0 atom stereocenters. The maximum Gasteiger partial charge on any atom is 0.408 e. The minimum absolute atomic E-state index is 0.0592. The van der Waals surface area contributed by atoms with Gasteiger partial charge in [-0.05, 0) is 29.7 Å². The molecule has 2 amide bonds. The summed E-state index contributed by atoms with van der Waals surface area (Å²) in [6.45, 7) is 2.11. The molecule has 7 heteroatoms. The molecule has 172 valence electrons. The summed E-state index contributed by atoms with van der Waals surface area (Å²) in [5, 5.41) is 2.80. The van der Waals surface area contributed by atoms with Gasteiger partial charge >= 0.3 is 6.09 Å². The van der Waals surface area contributed by atoms with E-state index in [4.69, 9.17) is 14.2 Å². The van der Waals surface area contributed by atoms with Gasteiger partial charge in [-0.2, -0.15) is 0 Å². The van der Waals surface area contributed by atoms with Gasteiger partial charge < -0.3 is 24.4 Å². The topological polar surface area (TPSA) is 77.1 Å². The van der Waals surface area contributed by atoms with Crippen LogP contribution in [-0.2, 0) is 26.3 Å². The van der Waals surface area contributed by atoms with Crippen LogP contribution in [0.15, 0.2) is 54.6 Å². The maximum atomic E-state index is 12.9. The van der Waals surface area contributed by atoms with Gasteiger partial charge in [0.1, 0.15) is 11.4 Å². The van der Waals surface area contributed by atoms with Crippen molar-refractivity contribution in [1.82, 2.24) is 10.2 Å². The lowest BCUT2D eigenvalue weighted by atomic mass is 9.84. The van der Waals surface area contributed by atoms with Crippen LogP contribution in [0.4, 0.5) is 4.79 Å². The molecule has 2 aromatic carbocycles. The highest BCUT2D eigenvalue weighted by molar-refractivity contribution is 5.79. The number of hydrogen-bond acceptors (Lipinski definition) is 5. The molecule has 1 heterocycles. The number of rotatable bonds is 9. The predicted molar refractivity (Wildman–Crippen MR) is 122 cm³/mol. The molecule has 1 aliphatic rings. The van der Waals surface area contributed by atoms with E-state index in [9.17, 15) is 9.59 Å². The fraction of sp³-hybridized carbons (Fsp3) is 0.440. The summed E-state index contributed by atoms with van der Waals surface area (Å²) in [6, 6.07) is 17.3. The second-order valence-electron chi connectivity index (χ2n) is 7.93. The third-order valence-corrected chi connectivity index (χ3v) is 5.80. The minimum atomic E-state index is -0.751. The van der Waals surface area contributed by atoms with Crippen LogP contribution in [0.3, 0.4) is 0 Å². The lowest BCUT2D eigenvalue weighted by Crippen LogP contribution is -2.48. The molecule has 1 fully saturated rings. The number of alkyl carbamates (subject to hydrolysis) is 1. The molecule has 7 nitrogen and oxygen atoms in total. The molecule has 1 saturated heterocycles. The number of amides is 2. The molecule has 0 bridgehead atoms. The Kier molecular flexibility index (Phi) is 8.50. The quantitative estimate of drug-likeness (QED) is 0.604. The van der Waals surface area contributed by atoms with Crippen LogP contribution in [-0.4, -0.2) is 57.4 Å². The second kappa shape index (κ2) is 11.5. The van der Waals surface area contributed by atoms with Crippen molar-refractivity contribution < 1.29 is 23.8 Å². The van der Waals surface area contributed by atoms with Gasteiger partial charge in [0.05, 0.1) is 13.5 Å². The molecule has 0 aliphatic carbocycles. The molecule has 1 aliphatic heterocycles. The van der Waals surface area contributed by atoms with Crippen LogP contribution < -0.4 is 10.1 Å². The zero-order valence-electron chi connectivity index (χ0n) is 18.8. The van der Waals surface area contributed by atoms with Gasteiger partial charge in [0.25, 0.3) is 0 Å². The summed E-state index contributed by atoms with van der Waals surface area (Å²) >= 11 is 0. The molecular formula is C25H32N2O5. The average molecular weight is 441 g/mol. The zero-order valence-corrected chi connectivity index (χ0v) is 18.8. The number of carbonyl (C=O) groups excluding carboxylic acids is 2. The summed E-state index contributed by atoms with van der Waals surface area (Å²) in [4.78, 5) is 27.2. The summed E-state index contributed by atoms with van der Waals surface area (Å²) in [7, 11) is 3.24. The summed E-state index contributed by atoms with van der Waals surface area (Å²) in [5.74, 6) is 0.797. The molecule has 0 aromatic heterocycles. The van der Waals surface area contributed by atoms with Crippen molar-refractivity contribution in [3.8, 4) is 5.75 Å². The number of piperidine rings is 1. The van der Waals surface area contributed by atoms with E-state index in [-0.39, 0.29) is 5.91 Å². The van der Waals surface area contributed by atoms with Gasteiger partial charge in [0, 0.05) is 46.2 Å². The Morgan fingerprint density at radius 2 is 1.78 bits per heavy atom. The lowest BCUT2D eigenvalue weighted by molar-refractivity contribution is -0.135. The molecule has 0 spiro atoms. The van der Waals surface area contributed by atoms with Crippen molar-refractivity contribution >= 4 is 12.0 Å². The Balaban J connectivity index is 1.64. The normalized spacial score (nSPS) is 15.1. The van der Waals surface area contributed by atoms with Gasteiger partial charge in [-0.25, -0.2) is 4.79 Å². The third kappa shape index (κ3) is 6.23. The number of benzene rings is 2. The third-order valence-electron chi connectivity index (χ3n) is 5.80. The number of hydrogen-bond donors (Lipinski definition) is 1. The van der Waals surface area contributed by atoms with Gasteiger partial charge in [0.15, 0.2) is 0 Å². The number of methoxy groups -OCH3 is 2. The highest BCUT2D eigenvalue weighted by Crippen LogP contribution is 2.37. The van der Waals surface area contributed by atoms with Crippen LogP contribution in [0, 0.1) is 0 Å². The van der Waals surface area contributed by atoms with E-state index >= 15 is 0 Å². The van der Waals surface area contributed by atoms with Crippen LogP contribution in [0.1, 0.15) is 30.4 Å². The summed E-state index contributed by atoms with van der Waals surface area (Å²) in [6.07, 6.45) is 1.69. The molecule has 2 aromatic rings. The number of carbonyl (C=O) groups is 2. The van der Waals surface area contributed by atoms with E-state index in [1.807, 2.05) is 59.5 Å². The van der Waals surface area contributed by atoms with Crippen molar-refractivity contribution in [3.05, 3.63) is 65.7 Å². The van der Waals surface area contributed by atoms with E-state index in [2.05, 4.69) is 5.32 Å². The first-order chi connectivity index (χ1) is 15.6. The Morgan fingerprint density at radius 3 is 2.47 bits per heavy atom. The molecule has 32 heavy (non-hydrogen) atoms. The second-order valence-corrected chi connectivity index (χ2v) is 7.93. The molecular weight excluding hydrogens is 408 g/mol. The van der Waals surface area contributed by atoms with E-state index in [0.717, 1.165) is 23.3 Å². The van der Waals surface area contributed by atoms with Gasteiger partial charge in [-0.1, -0.05) is 42.5 Å². The van der Waals surface area contributed by atoms with E-state index in [1.54, 1.807) is 14.2 Å². The molecule has 1 N–H and O–H groups in total. The smallest absolute Gasteiger partial charge is 0.408 e. The van der Waals surface area contributed by atoms with Gasteiger partial charge in [-0.3, -0.25) is 4.79 Å². The van der Waals surface area contributed by atoms with Crippen molar-refractivity contribution in [3.63, 3.8) is 0 Å². The van der Waals surface area contributed by atoms with Gasteiger partial charge in [0.2, 0.25) is 5.91 Å². The van der Waals surface area contributed by atoms with Crippen LogP contribution >= 0.6 is 0 Å². The number of nitrogens with zero attached hydrogens (tertiary/aromatic N) is 1. The lowest BCUT2D eigenvalue weighted by Gasteiger charge is -2.41. The summed E-state index contributed by atoms with van der Waals surface area (Å²) in [5.41, 5.74) is 1.12. The fourth-order valence-electron chi connectivity index (χ4n) is 4.00. The largest absolute Gasteiger partial charge is 0.497 e. The molecule has 3 rings (SSSR count). The number of nitrogens with one attached hydrogen (secondary N) is 1. The standard InChI is InChI=1S/C25H32N2O5/c1-30-17-7-14-26-24(29)32-25(21-9-4-3-5-10-21)12-15-27(16-13-25)23(28)19-20-8-6-11-22(18-20)31-2/h3-6,8-11,18H,7,12-17,19H2,1-2H3,(H,26,29). The van der Waals surface area contributed by atoms with E-state index in [1.165, 1.54) is 0 Å². The van der Waals surface area contributed by atoms with Crippen molar-refractivity contribution in [2.45, 2.75) is 31.3 Å². The maximum absolute atomic E-state index is 12.9. The first-order valence-electron chi connectivity index (χ1n) is 11.0. The molecule has 0 saturated carbocycles. The van der Waals surface area contributed by atoms with Crippen molar-refractivity contribution in [2.24, 2.45) is 0 Å². The van der Waals surface area contributed by atoms with Crippen LogP contribution in [0.2, 0.25) is 0 Å². The first-order valence-corrected chi connectivity index (χ1v) is 11.0. The number of ether oxygens (including phenoxy) is 3. The zero-order chi connectivity index (χ0) is 22.8. The van der Waals surface area contributed by atoms with Crippen LogP contribution in [0.25, 0.3) is 0 Å². The van der Waals surface area contributed by atoms with Crippen LogP contribution in [0.5, 0.6) is 5.75 Å². The Hall–Kier alpha value is -3.06. The van der Waals surface area contributed by atoms with E-state index in [0.29, 0.717) is 45.5 Å². The molecule has 0 unspecified atom stereocenters. The monoisotopic (exact) mass is 440 g/mol. The Morgan fingerprint density at radius 1 is 1.03 bits per heavy atom. The predicted octanol–water partition coefficient (Wildman–Crippen LogP) is 3.52.